The number of ether oxygens (including phenoxy) is 3. The van der Waals surface area contributed by atoms with E-state index >= 15 is 0 Å². The molecule has 2 unspecified atom stereocenters. The van der Waals surface area contributed by atoms with E-state index in [0.717, 1.165) is 13.0 Å². The molecule has 0 aliphatic carbocycles. The van der Waals surface area contributed by atoms with E-state index in [2.05, 4.69) is 5.32 Å². The van der Waals surface area contributed by atoms with Gasteiger partial charge in [-0.15, -0.1) is 0 Å². The summed E-state index contributed by atoms with van der Waals surface area (Å²) in [7, 11) is 0. The Morgan fingerprint density at radius 3 is 2.42 bits per heavy atom. The van der Waals surface area contributed by atoms with Gasteiger partial charge in [0.15, 0.2) is 6.29 Å². The van der Waals surface area contributed by atoms with Gasteiger partial charge in [0, 0.05) is 6.92 Å². The Labute approximate surface area is 147 Å². The molecule has 7 N–H and O–H groups in total. The smallest absolute Gasteiger partial charge is 0.371 e. The number of aliphatic carboxylic acids is 1. The fraction of sp³-hybridized carbons (Fsp3) is 0.714. The van der Waals surface area contributed by atoms with Gasteiger partial charge < -0.3 is 50.2 Å². The first kappa shape index (κ1) is 20.5. The Balaban J connectivity index is 2.19. The average Bonchev–Trinajstić information content (AvgIpc) is 2.56. The summed E-state index contributed by atoms with van der Waals surface area (Å²) in [4.78, 5) is 22.2. The van der Waals surface area contributed by atoms with Gasteiger partial charge in [0.2, 0.25) is 18.0 Å². The van der Waals surface area contributed by atoms with Gasteiger partial charge in [0.05, 0.1) is 6.61 Å². The Morgan fingerprint density at radius 1 is 1.23 bits per heavy atom. The number of hydrogen-bond acceptors (Lipinski definition) is 10. The third-order valence-electron chi connectivity index (χ3n) is 3.94. The van der Waals surface area contributed by atoms with Crippen molar-refractivity contribution in [2.45, 2.75) is 56.1 Å². The standard InChI is InChI=1S/C14H21NO11/c1-4(17)15-8-10(20)11(7(3-16)24-13(8)23)26-14-9(19)5(18)2-6(25-14)12(21)22/h2,5,7-11,13-14,16,18-20,23H,3H2,1H3,(H,15,17)(H,21,22)/t5-,7+,8+,9+,10+,11?,13?,14-/m0/s1. The SMILES string of the molecule is CC(=O)N[C@H]1C(O)O[C@H](CO)C(O[C@@H]2OC(C(=O)O)=C[C@H](O)[C@H]2O)[C@@H]1O. The van der Waals surface area contributed by atoms with Crippen LogP contribution in [0.25, 0.3) is 0 Å². The molecule has 0 aromatic heterocycles. The highest BCUT2D eigenvalue weighted by Gasteiger charge is 2.48. The van der Waals surface area contributed by atoms with Gasteiger partial charge in [0.25, 0.3) is 0 Å². The number of rotatable bonds is 5. The van der Waals surface area contributed by atoms with Crippen molar-refractivity contribution in [1.82, 2.24) is 5.32 Å². The Morgan fingerprint density at radius 2 is 1.88 bits per heavy atom. The van der Waals surface area contributed by atoms with Crippen molar-refractivity contribution in [2.24, 2.45) is 0 Å². The van der Waals surface area contributed by atoms with E-state index in [1.54, 1.807) is 0 Å². The van der Waals surface area contributed by atoms with Crippen LogP contribution in [0.4, 0.5) is 0 Å². The average molecular weight is 379 g/mol. The molecule has 1 fully saturated rings. The van der Waals surface area contributed by atoms with E-state index in [1.165, 1.54) is 0 Å². The number of hydrogen-bond donors (Lipinski definition) is 7. The van der Waals surface area contributed by atoms with Gasteiger partial charge >= 0.3 is 5.97 Å². The molecular formula is C14H21NO11. The minimum Gasteiger partial charge on any atom is -0.475 e. The molecular weight excluding hydrogens is 358 g/mol. The number of carboxylic acid groups (broad SMARTS) is 1. The number of aliphatic hydroxyl groups excluding tert-OH is 5. The minimum atomic E-state index is -1.72. The summed E-state index contributed by atoms with van der Waals surface area (Å²) in [5, 5.41) is 60.5. The highest BCUT2D eigenvalue weighted by Crippen LogP contribution is 2.27. The summed E-state index contributed by atoms with van der Waals surface area (Å²) in [6.07, 6.45) is -10.2. The monoisotopic (exact) mass is 379 g/mol. The van der Waals surface area contributed by atoms with Crippen LogP contribution in [0.15, 0.2) is 11.8 Å². The van der Waals surface area contributed by atoms with Crippen LogP contribution in [-0.2, 0) is 23.8 Å². The highest BCUT2D eigenvalue weighted by molar-refractivity contribution is 5.84. The van der Waals surface area contributed by atoms with Crippen molar-refractivity contribution in [3.05, 3.63) is 11.8 Å². The van der Waals surface area contributed by atoms with Crippen LogP contribution in [0.1, 0.15) is 6.92 Å². The topological polar surface area (TPSA) is 195 Å². The molecule has 2 aliphatic heterocycles. The van der Waals surface area contributed by atoms with Crippen molar-refractivity contribution >= 4 is 11.9 Å². The molecule has 8 atom stereocenters. The number of carbonyl (C=O) groups is 2. The van der Waals surface area contributed by atoms with E-state index in [4.69, 9.17) is 19.3 Å². The predicted molar refractivity (Wildman–Crippen MR) is 79.1 cm³/mol. The molecule has 0 radical (unpaired) electrons. The summed E-state index contributed by atoms with van der Waals surface area (Å²) in [6.45, 7) is 0.431. The lowest BCUT2D eigenvalue weighted by Crippen LogP contribution is -2.65. The van der Waals surface area contributed by atoms with Gasteiger partial charge in [0.1, 0.15) is 36.6 Å². The van der Waals surface area contributed by atoms with E-state index < -0.39 is 73.4 Å². The van der Waals surface area contributed by atoms with E-state index in [0.29, 0.717) is 0 Å². The normalized spacial score (nSPS) is 40.3. The second kappa shape index (κ2) is 8.26. The van der Waals surface area contributed by atoms with E-state index in [-0.39, 0.29) is 0 Å². The third-order valence-corrected chi connectivity index (χ3v) is 3.94. The molecule has 1 amide bonds. The largest absolute Gasteiger partial charge is 0.475 e. The first-order valence-electron chi connectivity index (χ1n) is 7.68. The lowest BCUT2D eigenvalue weighted by molar-refractivity contribution is -0.306. The van der Waals surface area contributed by atoms with Crippen LogP contribution in [0.2, 0.25) is 0 Å². The van der Waals surface area contributed by atoms with E-state index in [9.17, 15) is 35.1 Å². The zero-order valence-corrected chi connectivity index (χ0v) is 13.6. The third kappa shape index (κ3) is 4.29. The fourth-order valence-electron chi connectivity index (χ4n) is 2.67. The summed E-state index contributed by atoms with van der Waals surface area (Å²) >= 11 is 0. The summed E-state index contributed by atoms with van der Waals surface area (Å²) < 4.78 is 15.4. The number of aliphatic hydroxyl groups is 5. The number of carboxylic acids is 1. The summed E-state index contributed by atoms with van der Waals surface area (Å²) in [5.41, 5.74) is 0. The minimum absolute atomic E-state index is 0.585. The molecule has 0 aromatic rings. The number of amides is 1. The lowest BCUT2D eigenvalue weighted by atomic mass is 9.96. The first-order chi connectivity index (χ1) is 12.1. The maximum absolute atomic E-state index is 11.2. The summed E-state index contributed by atoms with van der Waals surface area (Å²) in [6, 6.07) is -1.32. The Hall–Kier alpha value is -1.80. The molecule has 2 aliphatic rings. The Kier molecular flexibility index (Phi) is 6.52. The fourth-order valence-corrected chi connectivity index (χ4v) is 2.67. The van der Waals surface area contributed by atoms with Crippen molar-refractivity contribution in [2.75, 3.05) is 6.61 Å². The van der Waals surface area contributed by atoms with Crippen LogP contribution in [0.5, 0.6) is 0 Å². The van der Waals surface area contributed by atoms with Crippen molar-refractivity contribution in [3.63, 3.8) is 0 Å². The molecule has 2 heterocycles. The summed E-state index contributed by atoms with van der Waals surface area (Å²) in [5.74, 6) is -2.79. The maximum atomic E-state index is 11.2. The Bertz CT molecular complexity index is 567. The second-order valence-corrected chi connectivity index (χ2v) is 5.87. The van der Waals surface area contributed by atoms with Gasteiger partial charge in [-0.05, 0) is 6.08 Å². The van der Waals surface area contributed by atoms with Gasteiger partial charge in [-0.2, -0.15) is 0 Å². The second-order valence-electron chi connectivity index (χ2n) is 5.87. The van der Waals surface area contributed by atoms with E-state index in [1.807, 2.05) is 0 Å². The van der Waals surface area contributed by atoms with Gasteiger partial charge in [-0.1, -0.05) is 0 Å². The molecule has 0 saturated carbocycles. The highest BCUT2D eigenvalue weighted by atomic mass is 16.7. The van der Waals surface area contributed by atoms with Crippen LogP contribution in [0.3, 0.4) is 0 Å². The molecule has 0 bridgehead atoms. The molecule has 1 saturated heterocycles. The zero-order valence-electron chi connectivity index (χ0n) is 13.6. The molecule has 12 heteroatoms. The molecule has 0 spiro atoms. The van der Waals surface area contributed by atoms with Crippen LogP contribution >= 0.6 is 0 Å². The van der Waals surface area contributed by atoms with Gasteiger partial charge in [-0.25, -0.2) is 4.79 Å². The quantitative estimate of drug-likeness (QED) is 0.246. The first-order valence-corrected chi connectivity index (χ1v) is 7.68. The van der Waals surface area contributed by atoms with Crippen LogP contribution < -0.4 is 5.32 Å². The molecule has 2 rings (SSSR count). The molecule has 148 valence electrons. The van der Waals surface area contributed by atoms with Crippen molar-refractivity contribution in [3.8, 4) is 0 Å². The molecule has 12 nitrogen and oxygen atoms in total. The maximum Gasteiger partial charge on any atom is 0.371 e. The van der Waals surface area contributed by atoms with Crippen molar-refractivity contribution < 1.29 is 54.4 Å². The number of carbonyl (C=O) groups excluding carboxylic acids is 1. The number of nitrogens with one attached hydrogen (secondary N) is 1. The lowest BCUT2D eigenvalue weighted by Gasteiger charge is -2.44. The zero-order chi connectivity index (χ0) is 19.6. The molecule has 0 aromatic carbocycles. The van der Waals surface area contributed by atoms with Crippen LogP contribution in [-0.4, -0.2) is 98.3 Å². The van der Waals surface area contributed by atoms with Gasteiger partial charge in [-0.3, -0.25) is 4.79 Å². The predicted octanol–water partition coefficient (Wildman–Crippen LogP) is -4.01. The van der Waals surface area contributed by atoms with Crippen molar-refractivity contribution in [1.29, 1.82) is 0 Å². The molecule has 26 heavy (non-hydrogen) atoms. The van der Waals surface area contributed by atoms with Crippen LogP contribution in [0, 0.1) is 0 Å².